The molecule has 2 aromatic heterocycles. The van der Waals surface area contributed by atoms with E-state index in [2.05, 4.69) is 150 Å². The van der Waals surface area contributed by atoms with E-state index in [9.17, 15) is 0 Å². The third-order valence-corrected chi connectivity index (χ3v) is 9.83. The Kier molecular flexibility index (Phi) is 6.44. The van der Waals surface area contributed by atoms with Crippen molar-refractivity contribution in [1.82, 2.24) is 10.3 Å². The lowest BCUT2D eigenvalue weighted by Crippen LogP contribution is -2.38. The number of rotatable bonds is 6. The van der Waals surface area contributed by atoms with Crippen LogP contribution in [0.1, 0.15) is 29.2 Å². The van der Waals surface area contributed by atoms with Crippen LogP contribution in [0.2, 0.25) is 0 Å². The number of furan rings is 1. The summed E-state index contributed by atoms with van der Waals surface area (Å²) in [5.41, 5.74) is 12.3. The van der Waals surface area contributed by atoms with Gasteiger partial charge in [-0.25, -0.2) is 0 Å². The predicted octanol–water partition coefficient (Wildman–Crippen LogP) is 10.8. The Morgan fingerprint density at radius 3 is 2.19 bits per heavy atom. The van der Waals surface area contributed by atoms with E-state index in [1.807, 2.05) is 31.3 Å². The minimum absolute atomic E-state index is 0.602. The predicted molar refractivity (Wildman–Crippen MR) is 201 cm³/mol. The normalized spacial score (nSPS) is 16.4. The van der Waals surface area contributed by atoms with Crippen molar-refractivity contribution in [2.24, 2.45) is 4.99 Å². The van der Waals surface area contributed by atoms with Crippen LogP contribution in [0.3, 0.4) is 0 Å². The van der Waals surface area contributed by atoms with E-state index in [4.69, 9.17) is 4.42 Å². The number of para-hydroxylation sites is 2. The van der Waals surface area contributed by atoms with E-state index < -0.39 is 5.54 Å². The number of nitrogens with zero attached hydrogens (tertiary/aromatic N) is 1. The third kappa shape index (κ3) is 4.26. The average molecular weight is 620 g/mol. The van der Waals surface area contributed by atoms with Crippen molar-refractivity contribution in [2.45, 2.75) is 12.5 Å². The molecule has 48 heavy (non-hydrogen) atoms. The van der Waals surface area contributed by atoms with E-state index in [0.717, 1.165) is 61.1 Å². The molecular formula is C44H33N3O. The van der Waals surface area contributed by atoms with Crippen LogP contribution in [0.15, 0.2) is 161 Å². The summed E-state index contributed by atoms with van der Waals surface area (Å²) in [6, 6.07) is 46.8. The first-order chi connectivity index (χ1) is 23.6. The minimum atomic E-state index is -0.602. The molecule has 1 aliphatic carbocycles. The Morgan fingerprint density at radius 2 is 1.40 bits per heavy atom. The summed E-state index contributed by atoms with van der Waals surface area (Å²) in [6.07, 6.45) is 6.33. The first-order valence-electron chi connectivity index (χ1n) is 16.4. The van der Waals surface area contributed by atoms with Gasteiger partial charge in [0.2, 0.25) is 0 Å². The van der Waals surface area contributed by atoms with Crippen LogP contribution in [0, 0.1) is 0 Å². The lowest BCUT2D eigenvalue weighted by atomic mass is 9.87. The van der Waals surface area contributed by atoms with Crippen molar-refractivity contribution in [3.8, 4) is 11.1 Å². The number of benzene rings is 6. The topological polar surface area (TPSA) is 53.3 Å². The van der Waals surface area contributed by atoms with E-state index in [1.165, 1.54) is 27.5 Å². The van der Waals surface area contributed by atoms with Gasteiger partial charge in [0.1, 0.15) is 11.2 Å². The smallest absolute Gasteiger partial charge is 0.143 e. The van der Waals surface area contributed by atoms with Crippen LogP contribution >= 0.6 is 0 Å². The SMILES string of the molecule is CN=C(C=CC=C(NC1(C)c2ccc3c(oc4ccccc43)c2-c2ccc3c([nH]c4ccccc43)c21)c1ccccc1)c1ccccc1. The second-order valence-corrected chi connectivity index (χ2v) is 12.6. The standard InChI is InChI=1S/C44H33N3O/c1-44(47-37(29-16-7-4-8-17-29)22-13-21-36(45-2)28-14-5-3-6-15-28)35-27-26-33-31-19-10-12-23-39(31)48-43(33)40(35)34-25-24-32-30-18-9-11-20-38(30)46-42(32)41(34)44/h3-27,46-47H,1-2H3. The molecule has 1 unspecified atom stereocenters. The fourth-order valence-electron chi connectivity index (χ4n) is 7.63. The molecule has 1 atom stereocenters. The van der Waals surface area contributed by atoms with Gasteiger partial charge in [0.15, 0.2) is 0 Å². The fraction of sp³-hybridized carbons (Fsp3) is 0.0682. The lowest BCUT2D eigenvalue weighted by molar-refractivity contribution is 0.536. The molecule has 0 saturated carbocycles. The molecule has 0 amide bonds. The summed E-state index contributed by atoms with van der Waals surface area (Å²) >= 11 is 0. The molecular weight excluding hydrogens is 587 g/mol. The molecule has 0 saturated heterocycles. The number of aromatic amines is 1. The van der Waals surface area contributed by atoms with Crippen LogP contribution in [-0.4, -0.2) is 17.7 Å². The molecule has 2 heterocycles. The van der Waals surface area contributed by atoms with Gasteiger partial charge in [-0.05, 0) is 53.5 Å². The average Bonchev–Trinajstić information content (AvgIpc) is 3.78. The van der Waals surface area contributed by atoms with Crippen molar-refractivity contribution in [1.29, 1.82) is 0 Å². The highest BCUT2D eigenvalue weighted by Gasteiger charge is 2.43. The number of nitrogens with one attached hydrogen (secondary N) is 2. The molecule has 4 nitrogen and oxygen atoms in total. The quantitative estimate of drug-likeness (QED) is 0.144. The largest absolute Gasteiger partial charge is 0.455 e. The molecule has 0 fully saturated rings. The summed E-state index contributed by atoms with van der Waals surface area (Å²) < 4.78 is 6.67. The lowest BCUT2D eigenvalue weighted by Gasteiger charge is -2.32. The van der Waals surface area contributed by atoms with Gasteiger partial charge < -0.3 is 14.7 Å². The molecule has 230 valence electrons. The number of hydrogen-bond donors (Lipinski definition) is 2. The Labute approximate surface area is 278 Å². The number of H-pyrrole nitrogens is 1. The molecule has 8 aromatic rings. The Balaban J connectivity index is 1.28. The van der Waals surface area contributed by atoms with Crippen molar-refractivity contribution in [3.05, 3.63) is 174 Å². The van der Waals surface area contributed by atoms with Gasteiger partial charge in [0.25, 0.3) is 0 Å². The van der Waals surface area contributed by atoms with E-state index in [-0.39, 0.29) is 0 Å². The Hall–Kier alpha value is -6.13. The Morgan fingerprint density at radius 1 is 0.708 bits per heavy atom. The minimum Gasteiger partial charge on any atom is -0.455 e. The second-order valence-electron chi connectivity index (χ2n) is 12.6. The molecule has 1 aliphatic rings. The zero-order chi connectivity index (χ0) is 32.2. The molecule has 9 rings (SSSR count). The van der Waals surface area contributed by atoms with Crippen molar-refractivity contribution in [3.63, 3.8) is 0 Å². The van der Waals surface area contributed by atoms with Crippen LogP contribution in [0.25, 0.3) is 60.6 Å². The van der Waals surface area contributed by atoms with Crippen LogP contribution in [0.5, 0.6) is 0 Å². The number of aliphatic imine (C=N–C) groups is 1. The molecule has 2 N–H and O–H groups in total. The third-order valence-electron chi connectivity index (χ3n) is 9.83. The molecule has 6 aromatic carbocycles. The van der Waals surface area contributed by atoms with Crippen molar-refractivity contribution in [2.75, 3.05) is 7.05 Å². The number of fused-ring (bicyclic) bond motifs is 11. The molecule has 0 aliphatic heterocycles. The zero-order valence-corrected chi connectivity index (χ0v) is 26.8. The summed E-state index contributed by atoms with van der Waals surface area (Å²) in [5, 5.41) is 8.79. The van der Waals surface area contributed by atoms with Crippen molar-refractivity contribution < 1.29 is 4.42 Å². The zero-order valence-electron chi connectivity index (χ0n) is 26.8. The van der Waals surface area contributed by atoms with Crippen LogP contribution in [0.4, 0.5) is 0 Å². The van der Waals surface area contributed by atoms with Crippen molar-refractivity contribution >= 4 is 55.2 Å². The highest BCUT2D eigenvalue weighted by Crippen LogP contribution is 2.54. The fourth-order valence-corrected chi connectivity index (χ4v) is 7.63. The van der Waals surface area contributed by atoms with Gasteiger partial charge in [0, 0.05) is 50.9 Å². The highest BCUT2D eigenvalue weighted by molar-refractivity contribution is 6.16. The van der Waals surface area contributed by atoms with Gasteiger partial charge in [-0.15, -0.1) is 0 Å². The molecule has 0 bridgehead atoms. The van der Waals surface area contributed by atoms with Crippen LogP contribution < -0.4 is 5.32 Å². The highest BCUT2D eigenvalue weighted by atomic mass is 16.3. The maximum absolute atomic E-state index is 6.67. The number of allylic oxidation sites excluding steroid dienone is 3. The number of hydrogen-bond acceptors (Lipinski definition) is 3. The summed E-state index contributed by atoms with van der Waals surface area (Å²) in [4.78, 5) is 8.39. The summed E-state index contributed by atoms with van der Waals surface area (Å²) in [5.74, 6) is 0. The first kappa shape index (κ1) is 28.1. The second kappa shape index (κ2) is 11.0. The molecule has 0 spiro atoms. The van der Waals surface area contributed by atoms with Gasteiger partial charge in [-0.2, -0.15) is 0 Å². The first-order valence-corrected chi connectivity index (χ1v) is 16.4. The Bertz CT molecular complexity index is 2600. The van der Waals surface area contributed by atoms with E-state index >= 15 is 0 Å². The summed E-state index contributed by atoms with van der Waals surface area (Å²) in [7, 11) is 1.84. The maximum atomic E-state index is 6.67. The van der Waals surface area contributed by atoms with Gasteiger partial charge in [0.05, 0.1) is 16.8 Å². The number of aromatic nitrogens is 1. The molecule has 4 heteroatoms. The van der Waals surface area contributed by atoms with Gasteiger partial charge in [-0.3, -0.25) is 4.99 Å². The summed E-state index contributed by atoms with van der Waals surface area (Å²) in [6.45, 7) is 2.31. The van der Waals surface area contributed by atoms with E-state index in [1.54, 1.807) is 0 Å². The van der Waals surface area contributed by atoms with Gasteiger partial charge >= 0.3 is 0 Å². The monoisotopic (exact) mass is 619 g/mol. The van der Waals surface area contributed by atoms with E-state index in [0.29, 0.717) is 0 Å². The maximum Gasteiger partial charge on any atom is 0.143 e. The molecule has 0 radical (unpaired) electrons. The van der Waals surface area contributed by atoms with Crippen LogP contribution in [-0.2, 0) is 5.54 Å². The van der Waals surface area contributed by atoms with Gasteiger partial charge in [-0.1, -0.05) is 127 Å².